The highest BCUT2D eigenvalue weighted by Crippen LogP contribution is 2.16. The molecule has 1 atom stereocenters. The second-order valence-electron chi connectivity index (χ2n) is 3.46. The Bertz CT molecular complexity index is 377. The van der Waals surface area contributed by atoms with Gasteiger partial charge in [-0.3, -0.25) is 4.79 Å². The predicted octanol–water partition coefficient (Wildman–Crippen LogP) is -0.0545. The van der Waals surface area contributed by atoms with Gasteiger partial charge in [0.2, 0.25) is 0 Å². The molecule has 6 heteroatoms. The van der Waals surface area contributed by atoms with Crippen LogP contribution in [0.3, 0.4) is 0 Å². The summed E-state index contributed by atoms with van der Waals surface area (Å²) >= 11 is 0. The van der Waals surface area contributed by atoms with Crippen LogP contribution in [-0.4, -0.2) is 28.6 Å². The van der Waals surface area contributed by atoms with Gasteiger partial charge in [0.15, 0.2) is 0 Å². The Morgan fingerprint density at radius 3 is 2.88 bits per heavy atom. The van der Waals surface area contributed by atoms with Gasteiger partial charge < -0.3 is 21.9 Å². The number of hydrogen-bond donors (Lipinski definition) is 4. The molecule has 16 heavy (non-hydrogen) atoms. The lowest BCUT2D eigenvalue weighted by molar-refractivity contribution is 0.100. The van der Waals surface area contributed by atoms with E-state index in [1.165, 1.54) is 12.3 Å². The normalized spacial score (nSPS) is 12.1. The van der Waals surface area contributed by atoms with E-state index in [9.17, 15) is 4.79 Å². The van der Waals surface area contributed by atoms with Gasteiger partial charge in [-0.2, -0.15) is 0 Å². The maximum Gasteiger partial charge on any atom is 0.252 e. The molecule has 0 saturated carbocycles. The maximum atomic E-state index is 11.2. The highest BCUT2D eigenvalue weighted by Gasteiger charge is 2.13. The van der Waals surface area contributed by atoms with Crippen molar-refractivity contribution in [2.75, 3.05) is 17.7 Å². The molecule has 0 radical (unpaired) electrons. The number of nitrogens with zero attached hydrogens (tertiary/aromatic N) is 1. The van der Waals surface area contributed by atoms with Crippen LogP contribution in [0.25, 0.3) is 0 Å². The summed E-state index contributed by atoms with van der Waals surface area (Å²) in [5, 5.41) is 12.0. The highest BCUT2D eigenvalue weighted by atomic mass is 16.3. The zero-order valence-corrected chi connectivity index (χ0v) is 9.10. The smallest absolute Gasteiger partial charge is 0.252 e. The van der Waals surface area contributed by atoms with Crippen LogP contribution in [-0.2, 0) is 0 Å². The van der Waals surface area contributed by atoms with Crippen LogP contribution in [0.1, 0.15) is 23.7 Å². The Hall–Kier alpha value is -1.82. The molecule has 0 aliphatic heterocycles. The Kier molecular flexibility index (Phi) is 4.07. The first kappa shape index (κ1) is 12.3. The lowest BCUT2D eigenvalue weighted by atomic mass is 10.2. The molecular formula is C10H16N4O2. The van der Waals surface area contributed by atoms with Crippen LogP contribution in [0.15, 0.2) is 12.3 Å². The highest BCUT2D eigenvalue weighted by molar-refractivity contribution is 5.98. The van der Waals surface area contributed by atoms with Gasteiger partial charge >= 0.3 is 0 Å². The number of aliphatic hydroxyl groups is 1. The first-order valence-electron chi connectivity index (χ1n) is 5.01. The fourth-order valence-electron chi connectivity index (χ4n) is 1.25. The lowest BCUT2D eigenvalue weighted by Crippen LogP contribution is -2.26. The first-order valence-corrected chi connectivity index (χ1v) is 5.01. The van der Waals surface area contributed by atoms with E-state index in [4.69, 9.17) is 16.6 Å². The van der Waals surface area contributed by atoms with E-state index in [1.54, 1.807) is 0 Å². The molecule has 0 spiro atoms. The van der Waals surface area contributed by atoms with E-state index >= 15 is 0 Å². The van der Waals surface area contributed by atoms with Crippen LogP contribution < -0.4 is 16.8 Å². The van der Waals surface area contributed by atoms with Gasteiger partial charge in [0.25, 0.3) is 5.91 Å². The predicted molar refractivity (Wildman–Crippen MR) is 62.0 cm³/mol. The van der Waals surface area contributed by atoms with Gasteiger partial charge in [0.1, 0.15) is 5.82 Å². The minimum absolute atomic E-state index is 0.0409. The molecule has 0 aliphatic carbocycles. The van der Waals surface area contributed by atoms with Crippen molar-refractivity contribution < 1.29 is 9.90 Å². The van der Waals surface area contributed by atoms with Crippen molar-refractivity contribution in [2.45, 2.75) is 19.4 Å². The summed E-state index contributed by atoms with van der Waals surface area (Å²) in [6.45, 7) is 1.87. The molecule has 6 N–H and O–H groups in total. The average Bonchev–Trinajstić information content (AvgIpc) is 2.27. The van der Waals surface area contributed by atoms with Crippen molar-refractivity contribution in [2.24, 2.45) is 5.73 Å². The number of aliphatic hydroxyl groups excluding tert-OH is 1. The molecule has 0 aliphatic rings. The zero-order chi connectivity index (χ0) is 12.1. The van der Waals surface area contributed by atoms with E-state index in [0.717, 1.165) is 0 Å². The number of nitrogen functional groups attached to an aromatic ring is 1. The van der Waals surface area contributed by atoms with Crippen LogP contribution in [0.5, 0.6) is 0 Å². The van der Waals surface area contributed by atoms with E-state index in [-0.39, 0.29) is 18.2 Å². The number of hydrogen-bond acceptors (Lipinski definition) is 5. The lowest BCUT2D eigenvalue weighted by Gasteiger charge is -2.16. The number of carbonyl (C=O) groups excluding carboxylic acids is 1. The number of primary amides is 1. The summed E-state index contributed by atoms with van der Waals surface area (Å²) in [6, 6.07) is 1.30. The first-order chi connectivity index (χ1) is 7.58. The van der Waals surface area contributed by atoms with E-state index < -0.39 is 5.91 Å². The summed E-state index contributed by atoms with van der Waals surface area (Å²) in [6.07, 6.45) is 2.14. The molecule has 0 saturated heterocycles. The Balaban J connectivity index is 2.98. The molecule has 0 aromatic carbocycles. The van der Waals surface area contributed by atoms with E-state index in [0.29, 0.717) is 17.9 Å². The van der Waals surface area contributed by atoms with Crippen LogP contribution in [0, 0.1) is 0 Å². The molecule has 1 aromatic heterocycles. The van der Waals surface area contributed by atoms with Crippen molar-refractivity contribution in [1.82, 2.24) is 4.98 Å². The molecule has 1 rings (SSSR count). The fraction of sp³-hybridized carbons (Fsp3) is 0.400. The largest absolute Gasteiger partial charge is 0.397 e. The number of aromatic nitrogens is 1. The Morgan fingerprint density at radius 2 is 2.38 bits per heavy atom. The monoisotopic (exact) mass is 224 g/mol. The summed E-state index contributed by atoms with van der Waals surface area (Å²) in [4.78, 5) is 15.1. The number of anilines is 2. The summed E-state index contributed by atoms with van der Waals surface area (Å²) in [5.74, 6) is -0.252. The third kappa shape index (κ3) is 2.83. The maximum absolute atomic E-state index is 11.2. The van der Waals surface area contributed by atoms with Gasteiger partial charge in [0, 0.05) is 0 Å². The van der Waals surface area contributed by atoms with Crippen LogP contribution in [0.4, 0.5) is 11.5 Å². The molecule has 1 heterocycles. The Labute approximate surface area is 93.7 Å². The van der Waals surface area contributed by atoms with E-state index in [1.807, 2.05) is 6.92 Å². The van der Waals surface area contributed by atoms with Gasteiger partial charge in [-0.25, -0.2) is 4.98 Å². The number of pyridine rings is 1. The molecule has 1 aromatic rings. The number of rotatable bonds is 5. The van der Waals surface area contributed by atoms with Gasteiger partial charge in [-0.1, -0.05) is 6.92 Å². The van der Waals surface area contributed by atoms with Crippen molar-refractivity contribution in [1.29, 1.82) is 0 Å². The molecule has 88 valence electrons. The fourth-order valence-corrected chi connectivity index (χ4v) is 1.25. The minimum Gasteiger partial charge on any atom is -0.397 e. The summed E-state index contributed by atoms with van der Waals surface area (Å²) < 4.78 is 0. The standard InChI is InChI=1S/C10H16N4O2/c1-2-7(5-15)14-10-8(9(12)16)3-6(11)4-13-10/h3-4,7,15H,2,5,11H2,1H3,(H2,12,16)(H,13,14). The number of nitrogens with one attached hydrogen (secondary N) is 1. The molecule has 1 amide bonds. The quantitative estimate of drug-likeness (QED) is 0.559. The van der Waals surface area contributed by atoms with Crippen molar-refractivity contribution in [3.8, 4) is 0 Å². The second-order valence-corrected chi connectivity index (χ2v) is 3.46. The number of carbonyl (C=O) groups is 1. The number of amides is 1. The SMILES string of the molecule is CCC(CO)Nc1ncc(N)cc1C(N)=O. The minimum atomic E-state index is -0.602. The summed E-state index contributed by atoms with van der Waals surface area (Å²) in [7, 11) is 0. The van der Waals surface area contributed by atoms with Gasteiger partial charge in [-0.05, 0) is 12.5 Å². The molecular weight excluding hydrogens is 208 g/mol. The van der Waals surface area contributed by atoms with Crippen LogP contribution >= 0.6 is 0 Å². The van der Waals surface area contributed by atoms with Crippen molar-refractivity contribution in [3.05, 3.63) is 17.8 Å². The van der Waals surface area contributed by atoms with Crippen molar-refractivity contribution >= 4 is 17.4 Å². The summed E-state index contributed by atoms with van der Waals surface area (Å²) in [5.41, 5.74) is 11.3. The van der Waals surface area contributed by atoms with Gasteiger partial charge in [-0.15, -0.1) is 0 Å². The molecule has 6 nitrogen and oxygen atoms in total. The molecule has 0 fully saturated rings. The van der Waals surface area contributed by atoms with Gasteiger partial charge in [0.05, 0.1) is 30.1 Å². The second kappa shape index (κ2) is 5.32. The third-order valence-electron chi connectivity index (χ3n) is 2.23. The molecule has 0 bridgehead atoms. The average molecular weight is 224 g/mol. The number of nitrogens with two attached hydrogens (primary N) is 2. The van der Waals surface area contributed by atoms with Crippen molar-refractivity contribution in [3.63, 3.8) is 0 Å². The third-order valence-corrected chi connectivity index (χ3v) is 2.23. The van der Waals surface area contributed by atoms with E-state index in [2.05, 4.69) is 10.3 Å². The van der Waals surface area contributed by atoms with Crippen LogP contribution in [0.2, 0.25) is 0 Å². The molecule has 1 unspecified atom stereocenters. The Morgan fingerprint density at radius 1 is 1.69 bits per heavy atom. The topological polar surface area (TPSA) is 114 Å². The zero-order valence-electron chi connectivity index (χ0n) is 9.10.